The number of thioether (sulfide) groups is 1. The van der Waals surface area contributed by atoms with Crippen LogP contribution in [0.15, 0.2) is 54.6 Å². The van der Waals surface area contributed by atoms with Crippen LogP contribution in [0.5, 0.6) is 0 Å². The Hall–Kier alpha value is -1.98. The summed E-state index contributed by atoms with van der Waals surface area (Å²) in [6.07, 6.45) is 1.23. The molecule has 2 aromatic rings. The van der Waals surface area contributed by atoms with Crippen LogP contribution in [0.25, 0.3) is 0 Å². The highest BCUT2D eigenvalue weighted by Crippen LogP contribution is 2.18. The average Bonchev–Trinajstić information content (AvgIpc) is 2.75. The largest absolute Gasteiger partial charge is 0.352 e. The predicted octanol–water partition coefficient (Wildman–Crippen LogP) is 5.30. The van der Waals surface area contributed by atoms with Gasteiger partial charge in [0.25, 0.3) is 0 Å². The maximum atomic E-state index is 13.0. The molecule has 2 rings (SSSR count). The van der Waals surface area contributed by atoms with E-state index < -0.39 is 6.04 Å². The van der Waals surface area contributed by atoms with Crippen molar-refractivity contribution in [2.45, 2.75) is 58.0 Å². The van der Waals surface area contributed by atoms with Gasteiger partial charge in [-0.25, -0.2) is 0 Å². The summed E-state index contributed by atoms with van der Waals surface area (Å²) in [7, 11) is 0. The Kier molecular flexibility index (Phi) is 10.2. The van der Waals surface area contributed by atoms with E-state index in [2.05, 4.69) is 17.4 Å². The van der Waals surface area contributed by atoms with Crippen LogP contribution in [0, 0.1) is 0 Å². The molecule has 30 heavy (non-hydrogen) atoms. The van der Waals surface area contributed by atoms with Crippen molar-refractivity contribution in [1.82, 2.24) is 10.2 Å². The monoisotopic (exact) mass is 446 g/mol. The maximum Gasteiger partial charge on any atom is 0.242 e. The molecular formula is C24H31ClN2O2S. The SMILES string of the molecule is CC[C@H](C)NC(=O)[C@@H](C)N(Cc1cccc(Cl)c1)C(=O)CCSCc1ccccc1. The Bertz CT molecular complexity index is 816. The molecule has 0 radical (unpaired) electrons. The highest BCUT2D eigenvalue weighted by molar-refractivity contribution is 7.98. The van der Waals surface area contributed by atoms with Crippen molar-refractivity contribution >= 4 is 35.2 Å². The maximum absolute atomic E-state index is 13.0. The molecule has 0 bridgehead atoms. The van der Waals surface area contributed by atoms with Crippen LogP contribution >= 0.6 is 23.4 Å². The summed E-state index contributed by atoms with van der Waals surface area (Å²) in [6.45, 7) is 6.14. The van der Waals surface area contributed by atoms with Gasteiger partial charge in [-0.1, -0.05) is 61.0 Å². The van der Waals surface area contributed by atoms with Crippen LogP contribution < -0.4 is 5.32 Å². The number of carbonyl (C=O) groups excluding carboxylic acids is 2. The molecule has 2 amide bonds. The second kappa shape index (κ2) is 12.7. The first-order valence-electron chi connectivity index (χ1n) is 10.4. The minimum Gasteiger partial charge on any atom is -0.352 e. The van der Waals surface area contributed by atoms with Gasteiger partial charge in [-0.15, -0.1) is 0 Å². The molecule has 2 aromatic carbocycles. The van der Waals surface area contributed by atoms with Crippen LogP contribution in [0.4, 0.5) is 0 Å². The number of nitrogens with one attached hydrogen (secondary N) is 1. The lowest BCUT2D eigenvalue weighted by atomic mass is 10.1. The Morgan fingerprint density at radius 2 is 1.77 bits per heavy atom. The van der Waals surface area contributed by atoms with E-state index in [0.717, 1.165) is 17.7 Å². The number of amides is 2. The molecule has 0 spiro atoms. The molecule has 0 saturated heterocycles. The molecule has 0 heterocycles. The van der Waals surface area contributed by atoms with E-state index in [1.807, 2.05) is 50.2 Å². The molecule has 4 nitrogen and oxygen atoms in total. The number of hydrogen-bond acceptors (Lipinski definition) is 3. The van der Waals surface area contributed by atoms with E-state index in [-0.39, 0.29) is 17.9 Å². The smallest absolute Gasteiger partial charge is 0.242 e. The van der Waals surface area contributed by atoms with Gasteiger partial charge in [0.2, 0.25) is 11.8 Å². The average molecular weight is 447 g/mol. The van der Waals surface area contributed by atoms with Crippen molar-refractivity contribution in [3.63, 3.8) is 0 Å². The highest BCUT2D eigenvalue weighted by atomic mass is 35.5. The van der Waals surface area contributed by atoms with Crippen LogP contribution in [-0.4, -0.2) is 34.6 Å². The lowest BCUT2D eigenvalue weighted by Gasteiger charge is -2.29. The van der Waals surface area contributed by atoms with Crippen molar-refractivity contribution in [3.05, 3.63) is 70.7 Å². The first-order valence-corrected chi connectivity index (χ1v) is 11.9. The number of benzene rings is 2. The minimum absolute atomic E-state index is 0.0256. The normalized spacial score (nSPS) is 12.8. The topological polar surface area (TPSA) is 49.4 Å². The highest BCUT2D eigenvalue weighted by Gasteiger charge is 2.26. The Balaban J connectivity index is 2.01. The summed E-state index contributed by atoms with van der Waals surface area (Å²) in [4.78, 5) is 27.4. The molecule has 6 heteroatoms. The summed E-state index contributed by atoms with van der Waals surface area (Å²) >= 11 is 7.84. The molecule has 162 valence electrons. The lowest BCUT2D eigenvalue weighted by molar-refractivity contribution is -0.140. The lowest BCUT2D eigenvalue weighted by Crippen LogP contribution is -2.49. The molecule has 2 atom stereocenters. The van der Waals surface area contributed by atoms with Gasteiger partial charge in [-0.2, -0.15) is 11.8 Å². The molecule has 0 aromatic heterocycles. The van der Waals surface area contributed by atoms with Crippen molar-refractivity contribution < 1.29 is 9.59 Å². The van der Waals surface area contributed by atoms with E-state index in [1.165, 1.54) is 5.56 Å². The van der Waals surface area contributed by atoms with Gasteiger partial charge in [-0.3, -0.25) is 9.59 Å². The van der Waals surface area contributed by atoms with Gasteiger partial charge in [0.05, 0.1) is 0 Å². The third kappa shape index (κ3) is 8.04. The van der Waals surface area contributed by atoms with Gasteiger partial charge in [-0.05, 0) is 43.5 Å². The first kappa shape index (κ1) is 24.3. The summed E-state index contributed by atoms with van der Waals surface area (Å²) in [6, 6.07) is 17.2. The quantitative estimate of drug-likeness (QED) is 0.477. The summed E-state index contributed by atoms with van der Waals surface area (Å²) in [5, 5.41) is 3.61. The molecule has 1 N–H and O–H groups in total. The molecule has 0 unspecified atom stereocenters. The van der Waals surface area contributed by atoms with E-state index in [9.17, 15) is 9.59 Å². The second-order valence-electron chi connectivity index (χ2n) is 7.43. The summed E-state index contributed by atoms with van der Waals surface area (Å²) in [5.74, 6) is 1.42. The standard InChI is InChI=1S/C24H31ClN2O2S/c1-4-18(2)26-24(29)19(3)27(16-21-11-8-12-22(25)15-21)23(28)13-14-30-17-20-9-6-5-7-10-20/h5-12,15,18-19H,4,13-14,16-17H2,1-3H3,(H,26,29)/t18-,19+/m0/s1. The molecule has 0 saturated carbocycles. The first-order chi connectivity index (χ1) is 14.4. The second-order valence-corrected chi connectivity index (χ2v) is 8.98. The number of hydrogen-bond donors (Lipinski definition) is 1. The van der Waals surface area contributed by atoms with Gasteiger partial charge in [0.1, 0.15) is 6.04 Å². The fourth-order valence-corrected chi connectivity index (χ4v) is 4.05. The fraction of sp³-hybridized carbons (Fsp3) is 0.417. The number of rotatable bonds is 11. The number of nitrogens with zero attached hydrogens (tertiary/aromatic N) is 1. The summed E-state index contributed by atoms with van der Waals surface area (Å²) in [5.41, 5.74) is 2.16. The molecule has 0 aliphatic carbocycles. The van der Waals surface area contributed by atoms with Gasteiger partial charge >= 0.3 is 0 Å². The third-order valence-electron chi connectivity index (χ3n) is 4.98. The van der Waals surface area contributed by atoms with Crippen molar-refractivity contribution in [3.8, 4) is 0 Å². The van der Waals surface area contributed by atoms with E-state index in [0.29, 0.717) is 23.7 Å². The zero-order chi connectivity index (χ0) is 21.9. The van der Waals surface area contributed by atoms with Crippen molar-refractivity contribution in [1.29, 1.82) is 0 Å². The zero-order valence-electron chi connectivity index (χ0n) is 17.9. The van der Waals surface area contributed by atoms with Crippen LogP contribution in [0.2, 0.25) is 5.02 Å². The van der Waals surface area contributed by atoms with Crippen LogP contribution in [0.1, 0.15) is 44.7 Å². The van der Waals surface area contributed by atoms with Gasteiger partial charge in [0.15, 0.2) is 0 Å². The van der Waals surface area contributed by atoms with Crippen LogP contribution in [0.3, 0.4) is 0 Å². The Morgan fingerprint density at radius 1 is 1.07 bits per heavy atom. The van der Waals surface area contributed by atoms with E-state index in [1.54, 1.807) is 29.7 Å². The Morgan fingerprint density at radius 3 is 2.43 bits per heavy atom. The molecule has 0 fully saturated rings. The predicted molar refractivity (Wildman–Crippen MR) is 127 cm³/mol. The fourth-order valence-electron chi connectivity index (χ4n) is 2.95. The van der Waals surface area contributed by atoms with E-state index in [4.69, 9.17) is 11.6 Å². The van der Waals surface area contributed by atoms with Crippen molar-refractivity contribution in [2.24, 2.45) is 0 Å². The molecule has 0 aliphatic rings. The molecular weight excluding hydrogens is 416 g/mol. The zero-order valence-corrected chi connectivity index (χ0v) is 19.5. The summed E-state index contributed by atoms with van der Waals surface area (Å²) < 4.78 is 0. The van der Waals surface area contributed by atoms with Crippen LogP contribution in [-0.2, 0) is 21.9 Å². The van der Waals surface area contributed by atoms with Gasteiger partial charge in [0, 0.05) is 35.5 Å². The minimum atomic E-state index is -0.551. The number of halogens is 1. The number of carbonyl (C=O) groups is 2. The third-order valence-corrected chi connectivity index (χ3v) is 6.25. The molecule has 0 aliphatic heterocycles. The van der Waals surface area contributed by atoms with Crippen molar-refractivity contribution in [2.75, 3.05) is 5.75 Å². The van der Waals surface area contributed by atoms with Gasteiger partial charge < -0.3 is 10.2 Å². The Labute approximate surface area is 189 Å². The van der Waals surface area contributed by atoms with E-state index >= 15 is 0 Å².